The monoisotopic (exact) mass is 327 g/mol. The summed E-state index contributed by atoms with van der Waals surface area (Å²) in [4.78, 5) is 17.0. The van der Waals surface area contributed by atoms with Crippen molar-refractivity contribution in [3.05, 3.63) is 35.7 Å². The molecule has 0 fully saturated rings. The Morgan fingerprint density at radius 1 is 1.29 bits per heavy atom. The molecule has 1 amide bonds. The molecule has 0 aliphatic carbocycles. The van der Waals surface area contributed by atoms with Crippen LogP contribution in [0, 0.1) is 19.8 Å². The molecular formula is C18H25N5O. The van der Waals surface area contributed by atoms with Crippen LogP contribution < -0.4 is 15.1 Å². The molecule has 2 N–H and O–H groups in total. The minimum absolute atomic E-state index is 0.0193. The van der Waals surface area contributed by atoms with Gasteiger partial charge >= 0.3 is 0 Å². The average Bonchev–Trinajstić information content (AvgIpc) is 2.79. The Morgan fingerprint density at radius 2 is 2.00 bits per heavy atom. The molecule has 128 valence electrons. The van der Waals surface area contributed by atoms with Gasteiger partial charge in [0, 0.05) is 20.1 Å². The molecule has 6 heteroatoms. The second-order valence-electron chi connectivity index (χ2n) is 6.71. The third-order valence-electron chi connectivity index (χ3n) is 4.48. The van der Waals surface area contributed by atoms with Gasteiger partial charge in [-0.2, -0.15) is 5.10 Å². The quantitative estimate of drug-likeness (QED) is 0.909. The fourth-order valence-corrected chi connectivity index (χ4v) is 3.39. The number of H-pyrrole nitrogens is 1. The Bertz CT molecular complexity index is 719. The fourth-order valence-electron chi connectivity index (χ4n) is 3.39. The van der Waals surface area contributed by atoms with E-state index in [2.05, 4.69) is 51.4 Å². The number of nitrogens with one attached hydrogen (secondary N) is 2. The van der Waals surface area contributed by atoms with Crippen molar-refractivity contribution in [2.45, 2.75) is 20.8 Å². The van der Waals surface area contributed by atoms with Gasteiger partial charge in [-0.15, -0.1) is 0 Å². The summed E-state index contributed by atoms with van der Waals surface area (Å²) in [5.41, 5.74) is 4.76. The normalized spacial score (nSPS) is 17.4. The van der Waals surface area contributed by atoms with Crippen LogP contribution in [0.25, 0.3) is 0 Å². The third kappa shape index (κ3) is 3.22. The second kappa shape index (κ2) is 6.55. The topological polar surface area (TPSA) is 64.3 Å². The molecule has 0 bridgehead atoms. The zero-order chi connectivity index (χ0) is 17.3. The van der Waals surface area contributed by atoms with E-state index in [0.29, 0.717) is 12.5 Å². The highest BCUT2D eigenvalue weighted by molar-refractivity contribution is 5.95. The summed E-state index contributed by atoms with van der Waals surface area (Å²) in [6.07, 6.45) is 0. The van der Waals surface area contributed by atoms with E-state index in [-0.39, 0.29) is 5.91 Å². The van der Waals surface area contributed by atoms with Gasteiger partial charge in [0.2, 0.25) is 5.91 Å². The second-order valence-corrected chi connectivity index (χ2v) is 6.71. The molecule has 0 spiro atoms. The molecule has 1 aliphatic rings. The molecule has 3 rings (SSSR count). The molecule has 1 aromatic carbocycles. The van der Waals surface area contributed by atoms with Crippen molar-refractivity contribution in [3.8, 4) is 0 Å². The predicted molar refractivity (Wildman–Crippen MR) is 97.8 cm³/mol. The molecule has 1 atom stereocenters. The van der Waals surface area contributed by atoms with Crippen molar-refractivity contribution in [3.63, 3.8) is 0 Å². The number of nitrogens with zero attached hydrogens (tertiary/aromatic N) is 3. The van der Waals surface area contributed by atoms with E-state index in [1.54, 1.807) is 0 Å². The van der Waals surface area contributed by atoms with Gasteiger partial charge in [-0.3, -0.25) is 9.89 Å². The van der Waals surface area contributed by atoms with Gasteiger partial charge < -0.3 is 15.1 Å². The van der Waals surface area contributed by atoms with Crippen molar-refractivity contribution >= 4 is 23.0 Å². The Balaban J connectivity index is 1.80. The lowest BCUT2D eigenvalue weighted by molar-refractivity contribution is -0.115. The molecule has 2 heterocycles. The number of fused-ring (bicyclic) bond motifs is 1. The van der Waals surface area contributed by atoms with Crippen LogP contribution in [0.3, 0.4) is 0 Å². The number of carbonyl (C=O) groups excluding carboxylic acids is 1. The van der Waals surface area contributed by atoms with Gasteiger partial charge in [0.15, 0.2) is 0 Å². The standard InChI is InChI=1S/C18H25N5O/c1-12-9-22(4)15-7-5-6-8-16(15)23(10-12)11-17(24)19-18-13(2)20-21-14(18)3/h5-8,12H,9-11H2,1-4H3,(H,19,24)(H,20,21)/t12-/m0/s1. The van der Waals surface area contributed by atoms with Crippen molar-refractivity contribution in [2.75, 3.05) is 41.8 Å². The SMILES string of the molecule is Cc1n[nH]c(C)c1NC(=O)CN1C[C@@H](C)CN(C)c2ccccc21. The van der Waals surface area contributed by atoms with Crippen LogP contribution in [-0.4, -0.2) is 42.8 Å². The molecule has 0 saturated carbocycles. The summed E-state index contributed by atoms with van der Waals surface area (Å²) in [5.74, 6) is 0.460. The number of hydrogen-bond donors (Lipinski definition) is 2. The maximum absolute atomic E-state index is 12.6. The first-order valence-corrected chi connectivity index (χ1v) is 8.32. The van der Waals surface area contributed by atoms with Crippen LogP contribution in [0.2, 0.25) is 0 Å². The molecule has 1 aliphatic heterocycles. The lowest BCUT2D eigenvalue weighted by atomic mass is 10.1. The largest absolute Gasteiger partial charge is 0.373 e. The highest BCUT2D eigenvalue weighted by atomic mass is 16.2. The van der Waals surface area contributed by atoms with Crippen molar-refractivity contribution < 1.29 is 4.79 Å². The number of aromatic amines is 1. The number of hydrogen-bond acceptors (Lipinski definition) is 4. The Morgan fingerprint density at radius 3 is 2.67 bits per heavy atom. The molecule has 0 radical (unpaired) electrons. The molecule has 0 unspecified atom stereocenters. The first kappa shape index (κ1) is 16.4. The smallest absolute Gasteiger partial charge is 0.243 e. The van der Waals surface area contributed by atoms with Gasteiger partial charge in [-0.25, -0.2) is 0 Å². The zero-order valence-corrected chi connectivity index (χ0v) is 14.8. The van der Waals surface area contributed by atoms with Crippen LogP contribution in [-0.2, 0) is 4.79 Å². The summed E-state index contributed by atoms with van der Waals surface area (Å²) in [5, 5.41) is 10.0. The van der Waals surface area contributed by atoms with E-state index in [1.165, 1.54) is 5.69 Å². The molecule has 24 heavy (non-hydrogen) atoms. The number of benzene rings is 1. The number of aromatic nitrogens is 2. The summed E-state index contributed by atoms with van der Waals surface area (Å²) < 4.78 is 0. The Kier molecular flexibility index (Phi) is 4.46. The van der Waals surface area contributed by atoms with Gasteiger partial charge in [0.1, 0.15) is 0 Å². The first-order valence-electron chi connectivity index (χ1n) is 8.32. The number of carbonyl (C=O) groups is 1. The number of para-hydroxylation sites is 2. The number of anilines is 3. The van der Waals surface area contributed by atoms with Crippen LogP contribution in [0.4, 0.5) is 17.1 Å². The summed E-state index contributed by atoms with van der Waals surface area (Å²) in [7, 11) is 2.11. The highest BCUT2D eigenvalue weighted by Crippen LogP contribution is 2.32. The average molecular weight is 327 g/mol. The third-order valence-corrected chi connectivity index (χ3v) is 4.48. The van der Waals surface area contributed by atoms with Gasteiger partial charge in [0.25, 0.3) is 0 Å². The van der Waals surface area contributed by atoms with E-state index in [9.17, 15) is 4.79 Å². The van der Waals surface area contributed by atoms with Crippen LogP contribution in [0.15, 0.2) is 24.3 Å². The number of aryl methyl sites for hydroxylation is 2. The van der Waals surface area contributed by atoms with Gasteiger partial charge in [-0.05, 0) is 31.9 Å². The predicted octanol–water partition coefficient (Wildman–Crippen LogP) is 2.56. The van der Waals surface area contributed by atoms with Gasteiger partial charge in [0.05, 0.1) is 35.0 Å². The molecule has 1 aromatic heterocycles. The minimum Gasteiger partial charge on any atom is -0.373 e. The fraction of sp³-hybridized carbons (Fsp3) is 0.444. The van der Waals surface area contributed by atoms with Crippen molar-refractivity contribution in [1.82, 2.24) is 10.2 Å². The van der Waals surface area contributed by atoms with E-state index in [1.807, 2.05) is 26.0 Å². The van der Waals surface area contributed by atoms with E-state index in [4.69, 9.17) is 0 Å². The van der Waals surface area contributed by atoms with E-state index >= 15 is 0 Å². The molecule has 0 saturated heterocycles. The lowest BCUT2D eigenvalue weighted by Gasteiger charge is -2.25. The summed E-state index contributed by atoms with van der Waals surface area (Å²) in [6.45, 7) is 8.19. The molecule has 6 nitrogen and oxygen atoms in total. The van der Waals surface area contributed by atoms with E-state index in [0.717, 1.165) is 35.9 Å². The van der Waals surface area contributed by atoms with Crippen LogP contribution in [0.5, 0.6) is 0 Å². The van der Waals surface area contributed by atoms with Crippen molar-refractivity contribution in [2.24, 2.45) is 5.92 Å². The highest BCUT2D eigenvalue weighted by Gasteiger charge is 2.24. The summed E-state index contributed by atoms with van der Waals surface area (Å²) in [6, 6.07) is 8.27. The lowest BCUT2D eigenvalue weighted by Crippen LogP contribution is -2.36. The van der Waals surface area contributed by atoms with Crippen molar-refractivity contribution in [1.29, 1.82) is 0 Å². The summed E-state index contributed by atoms with van der Waals surface area (Å²) >= 11 is 0. The first-order chi connectivity index (χ1) is 11.5. The molecular weight excluding hydrogens is 302 g/mol. The van der Waals surface area contributed by atoms with Crippen LogP contribution in [0.1, 0.15) is 18.3 Å². The van der Waals surface area contributed by atoms with Crippen LogP contribution >= 0.6 is 0 Å². The number of amides is 1. The van der Waals surface area contributed by atoms with Gasteiger partial charge in [-0.1, -0.05) is 19.1 Å². The minimum atomic E-state index is -0.0193. The zero-order valence-electron chi connectivity index (χ0n) is 14.8. The maximum atomic E-state index is 12.6. The Hall–Kier alpha value is -2.50. The maximum Gasteiger partial charge on any atom is 0.243 e. The molecule has 2 aromatic rings. The van der Waals surface area contributed by atoms with E-state index < -0.39 is 0 Å². The number of rotatable bonds is 3. The Labute approximate surface area is 142 Å².